The van der Waals surface area contributed by atoms with Crippen molar-refractivity contribution in [3.05, 3.63) is 17.4 Å². The summed E-state index contributed by atoms with van der Waals surface area (Å²) in [4.78, 5) is 19.4. The number of aryl methyl sites for hydroxylation is 1. The van der Waals surface area contributed by atoms with Crippen LogP contribution in [0.2, 0.25) is 0 Å². The van der Waals surface area contributed by atoms with Gasteiger partial charge in [0.15, 0.2) is 5.13 Å². The van der Waals surface area contributed by atoms with E-state index in [1.165, 1.54) is 22.3 Å². The maximum atomic E-state index is 11.6. The number of hydrogen-bond acceptors (Lipinski definition) is 6. The average molecular weight is 238 g/mol. The second-order valence-corrected chi connectivity index (χ2v) is 4.00. The van der Waals surface area contributed by atoms with Crippen molar-refractivity contribution in [2.24, 2.45) is 7.05 Å². The second kappa shape index (κ2) is 4.27. The Morgan fingerprint density at radius 2 is 2.50 bits per heavy atom. The molecule has 2 rings (SSSR count). The molecule has 7 nitrogen and oxygen atoms in total. The van der Waals surface area contributed by atoms with Gasteiger partial charge < -0.3 is 5.73 Å². The fraction of sp³-hybridized carbons (Fsp3) is 0.250. The van der Waals surface area contributed by atoms with Crippen LogP contribution in [0.25, 0.3) is 0 Å². The summed E-state index contributed by atoms with van der Waals surface area (Å²) in [6, 6.07) is 0. The molecule has 0 radical (unpaired) electrons. The summed E-state index contributed by atoms with van der Waals surface area (Å²) >= 11 is 1.31. The van der Waals surface area contributed by atoms with Crippen molar-refractivity contribution in [3.8, 4) is 0 Å². The Morgan fingerprint density at radius 1 is 1.69 bits per heavy atom. The minimum Gasteiger partial charge on any atom is -0.375 e. The highest BCUT2D eigenvalue weighted by atomic mass is 32.1. The number of nitrogens with zero attached hydrogens (tertiary/aromatic N) is 4. The number of nitrogens with two attached hydrogens (primary N) is 1. The van der Waals surface area contributed by atoms with Gasteiger partial charge in [-0.3, -0.25) is 10.1 Å². The number of hydrogen-bond donors (Lipinski definition) is 2. The zero-order valence-corrected chi connectivity index (χ0v) is 9.36. The van der Waals surface area contributed by atoms with Gasteiger partial charge >= 0.3 is 0 Å². The topological polar surface area (TPSA) is 98.7 Å². The summed E-state index contributed by atoms with van der Waals surface area (Å²) in [7, 11) is 1.70. The smallest absolute Gasteiger partial charge is 0.232 e. The highest BCUT2D eigenvalue weighted by Gasteiger charge is 2.09. The number of rotatable bonds is 3. The molecule has 2 heterocycles. The summed E-state index contributed by atoms with van der Waals surface area (Å²) in [5, 5.41) is 8.68. The van der Waals surface area contributed by atoms with Crippen LogP contribution < -0.4 is 11.1 Å². The zero-order chi connectivity index (χ0) is 11.5. The van der Waals surface area contributed by atoms with Gasteiger partial charge in [-0.2, -0.15) is 10.1 Å². The van der Waals surface area contributed by atoms with Gasteiger partial charge in [-0.05, 0) is 0 Å². The predicted octanol–water partition coefficient (Wildman–Crippen LogP) is 0.0350. The number of thiazole rings is 1. The molecule has 2 aromatic heterocycles. The predicted molar refractivity (Wildman–Crippen MR) is 59.9 cm³/mol. The SMILES string of the molecule is Cn1ncnc1NC(=O)Cc1csc(N)n1. The van der Waals surface area contributed by atoms with E-state index in [-0.39, 0.29) is 12.3 Å². The molecular weight excluding hydrogens is 228 g/mol. The highest BCUT2D eigenvalue weighted by molar-refractivity contribution is 7.13. The third kappa shape index (κ3) is 2.34. The van der Waals surface area contributed by atoms with Crippen molar-refractivity contribution in [1.29, 1.82) is 0 Å². The van der Waals surface area contributed by atoms with E-state index in [9.17, 15) is 4.79 Å². The molecule has 0 saturated carbocycles. The first-order valence-corrected chi connectivity index (χ1v) is 5.37. The molecule has 0 aliphatic carbocycles. The Hall–Kier alpha value is -1.96. The fourth-order valence-corrected chi connectivity index (χ4v) is 1.71. The second-order valence-electron chi connectivity index (χ2n) is 3.11. The van der Waals surface area contributed by atoms with Crippen molar-refractivity contribution in [1.82, 2.24) is 19.7 Å². The number of carbonyl (C=O) groups excluding carboxylic acids is 1. The summed E-state index contributed by atoms with van der Waals surface area (Å²) < 4.78 is 1.48. The van der Waals surface area contributed by atoms with Crippen molar-refractivity contribution in [2.45, 2.75) is 6.42 Å². The third-order valence-corrected chi connectivity index (χ3v) is 2.60. The molecular formula is C8H10N6OS. The number of nitrogens with one attached hydrogen (secondary N) is 1. The standard InChI is InChI=1S/C8H10N6OS/c1-14-8(10-4-11-14)13-6(15)2-5-3-16-7(9)12-5/h3-4H,2H2,1H3,(H2,9,12)(H,10,11,13,15). The summed E-state index contributed by atoms with van der Waals surface area (Å²) in [5.41, 5.74) is 6.12. The van der Waals surface area contributed by atoms with Crippen LogP contribution in [0, 0.1) is 0 Å². The van der Waals surface area contributed by atoms with E-state index in [2.05, 4.69) is 20.4 Å². The normalized spacial score (nSPS) is 10.3. The summed E-state index contributed by atoms with van der Waals surface area (Å²) in [6.45, 7) is 0. The molecule has 0 aromatic carbocycles. The Bertz CT molecular complexity index is 504. The largest absolute Gasteiger partial charge is 0.375 e. The molecule has 84 valence electrons. The summed E-state index contributed by atoms with van der Waals surface area (Å²) in [6.07, 6.45) is 1.55. The molecule has 0 fully saturated rings. The van der Waals surface area contributed by atoms with Gasteiger partial charge in [-0.25, -0.2) is 9.67 Å². The lowest BCUT2D eigenvalue weighted by Crippen LogP contribution is -2.17. The first kappa shape index (κ1) is 10.6. The first-order valence-electron chi connectivity index (χ1n) is 4.49. The quantitative estimate of drug-likeness (QED) is 0.786. The maximum absolute atomic E-state index is 11.6. The molecule has 16 heavy (non-hydrogen) atoms. The number of carbonyl (C=O) groups is 1. The number of aromatic nitrogens is 4. The third-order valence-electron chi connectivity index (χ3n) is 1.87. The molecule has 1 amide bonds. The molecule has 0 spiro atoms. The van der Waals surface area contributed by atoms with Crippen LogP contribution in [0.1, 0.15) is 5.69 Å². The zero-order valence-electron chi connectivity index (χ0n) is 8.54. The Kier molecular flexibility index (Phi) is 2.82. The van der Waals surface area contributed by atoms with Gasteiger partial charge in [-0.15, -0.1) is 11.3 Å². The molecule has 0 bridgehead atoms. The molecule has 0 unspecified atom stereocenters. The molecule has 0 aliphatic heterocycles. The van der Waals surface area contributed by atoms with E-state index >= 15 is 0 Å². The van der Waals surface area contributed by atoms with Gasteiger partial charge in [0.25, 0.3) is 0 Å². The summed E-state index contributed by atoms with van der Waals surface area (Å²) in [5.74, 6) is 0.217. The minimum atomic E-state index is -0.193. The van der Waals surface area contributed by atoms with E-state index < -0.39 is 0 Å². The lowest BCUT2D eigenvalue weighted by molar-refractivity contribution is -0.115. The Labute approximate surface area is 95.3 Å². The van der Waals surface area contributed by atoms with Crippen LogP contribution in [0.5, 0.6) is 0 Å². The van der Waals surface area contributed by atoms with E-state index in [0.717, 1.165) is 0 Å². The van der Waals surface area contributed by atoms with E-state index in [4.69, 9.17) is 5.73 Å². The highest BCUT2D eigenvalue weighted by Crippen LogP contribution is 2.11. The molecule has 2 aromatic rings. The Morgan fingerprint density at radius 3 is 3.06 bits per heavy atom. The van der Waals surface area contributed by atoms with Crippen LogP contribution in [0.4, 0.5) is 11.1 Å². The van der Waals surface area contributed by atoms with Gasteiger partial charge in [0.2, 0.25) is 11.9 Å². The first-order chi connectivity index (χ1) is 7.65. The lowest BCUT2D eigenvalue weighted by Gasteiger charge is -2.01. The van der Waals surface area contributed by atoms with Crippen LogP contribution >= 0.6 is 11.3 Å². The van der Waals surface area contributed by atoms with Crippen LogP contribution in [-0.4, -0.2) is 25.7 Å². The average Bonchev–Trinajstić information content (AvgIpc) is 2.77. The lowest BCUT2D eigenvalue weighted by atomic mass is 10.3. The van der Waals surface area contributed by atoms with Crippen molar-refractivity contribution < 1.29 is 4.79 Å². The monoisotopic (exact) mass is 238 g/mol. The van der Waals surface area contributed by atoms with Gasteiger partial charge in [0.05, 0.1) is 12.1 Å². The van der Waals surface area contributed by atoms with E-state index in [1.807, 2.05) is 0 Å². The minimum absolute atomic E-state index is 0.181. The molecule has 0 saturated heterocycles. The number of anilines is 2. The van der Waals surface area contributed by atoms with Gasteiger partial charge in [-0.1, -0.05) is 0 Å². The molecule has 0 aliphatic rings. The van der Waals surface area contributed by atoms with E-state index in [0.29, 0.717) is 16.8 Å². The molecule has 0 atom stereocenters. The van der Waals surface area contributed by atoms with Crippen molar-refractivity contribution in [3.63, 3.8) is 0 Å². The number of amides is 1. The van der Waals surface area contributed by atoms with Crippen LogP contribution in [0.3, 0.4) is 0 Å². The van der Waals surface area contributed by atoms with Crippen molar-refractivity contribution >= 4 is 28.3 Å². The van der Waals surface area contributed by atoms with E-state index in [1.54, 1.807) is 12.4 Å². The van der Waals surface area contributed by atoms with Crippen LogP contribution in [-0.2, 0) is 18.3 Å². The van der Waals surface area contributed by atoms with Gasteiger partial charge in [0.1, 0.15) is 6.33 Å². The van der Waals surface area contributed by atoms with Gasteiger partial charge in [0, 0.05) is 12.4 Å². The Balaban J connectivity index is 1.97. The molecule has 3 N–H and O–H groups in total. The van der Waals surface area contributed by atoms with Crippen molar-refractivity contribution in [2.75, 3.05) is 11.1 Å². The van der Waals surface area contributed by atoms with Crippen LogP contribution in [0.15, 0.2) is 11.7 Å². The maximum Gasteiger partial charge on any atom is 0.232 e. The number of nitrogen functional groups attached to an aromatic ring is 1. The fourth-order valence-electron chi connectivity index (χ4n) is 1.15. The molecule has 8 heteroatoms.